The van der Waals surface area contributed by atoms with Gasteiger partial charge in [-0.3, -0.25) is 4.79 Å². The monoisotopic (exact) mass is 210 g/mol. The van der Waals surface area contributed by atoms with Gasteiger partial charge in [0.25, 0.3) is 0 Å². The van der Waals surface area contributed by atoms with E-state index in [-0.39, 0.29) is 0 Å². The van der Waals surface area contributed by atoms with E-state index in [4.69, 9.17) is 0 Å². The van der Waals surface area contributed by atoms with Crippen LogP contribution in [0.3, 0.4) is 0 Å². The number of allylic oxidation sites excluding steroid dienone is 1. The molecule has 88 valence electrons. The summed E-state index contributed by atoms with van der Waals surface area (Å²) in [7, 11) is 0. The zero-order chi connectivity index (χ0) is 11.4. The van der Waals surface area contributed by atoms with Crippen LogP contribution in [-0.4, -0.2) is 5.78 Å². The molecule has 0 saturated heterocycles. The van der Waals surface area contributed by atoms with Crippen LogP contribution in [0.2, 0.25) is 0 Å². The second-order valence-electron chi connectivity index (χ2n) is 4.24. The number of unbranched alkanes of at least 4 members (excludes halogenated alkanes) is 6. The van der Waals surface area contributed by atoms with Gasteiger partial charge in [0, 0.05) is 12.8 Å². The molecule has 0 N–H and O–H groups in total. The van der Waals surface area contributed by atoms with Gasteiger partial charge in [-0.25, -0.2) is 0 Å². The van der Waals surface area contributed by atoms with Gasteiger partial charge in [0.05, 0.1) is 0 Å². The normalized spacial score (nSPS) is 10.2. The van der Waals surface area contributed by atoms with E-state index < -0.39 is 0 Å². The van der Waals surface area contributed by atoms with Crippen LogP contribution in [0.25, 0.3) is 0 Å². The third-order valence-electron chi connectivity index (χ3n) is 2.67. The summed E-state index contributed by atoms with van der Waals surface area (Å²) in [5.41, 5.74) is 0. The zero-order valence-electron chi connectivity index (χ0n) is 10.3. The minimum absolute atomic E-state index is 0.461. The molecule has 0 aliphatic carbocycles. The highest BCUT2D eigenvalue weighted by atomic mass is 16.1. The lowest BCUT2D eigenvalue weighted by Gasteiger charge is -2.00. The minimum Gasteiger partial charge on any atom is -0.300 e. The van der Waals surface area contributed by atoms with E-state index in [0.29, 0.717) is 5.78 Å². The van der Waals surface area contributed by atoms with Crippen LogP contribution in [-0.2, 0) is 4.79 Å². The van der Waals surface area contributed by atoms with Crippen molar-refractivity contribution in [2.75, 3.05) is 0 Å². The summed E-state index contributed by atoms with van der Waals surface area (Å²) in [6.45, 7) is 5.83. The average Bonchev–Trinajstić information content (AvgIpc) is 2.25. The first-order valence-electron chi connectivity index (χ1n) is 6.43. The largest absolute Gasteiger partial charge is 0.300 e. The third kappa shape index (κ3) is 11.3. The van der Waals surface area contributed by atoms with Crippen molar-refractivity contribution in [1.29, 1.82) is 0 Å². The Balaban J connectivity index is 3.09. The van der Waals surface area contributed by atoms with Crippen LogP contribution in [0.15, 0.2) is 12.7 Å². The number of hydrogen-bond acceptors (Lipinski definition) is 1. The maximum atomic E-state index is 11.3. The molecular formula is C14H26O. The van der Waals surface area contributed by atoms with Crippen molar-refractivity contribution in [2.45, 2.75) is 71.1 Å². The van der Waals surface area contributed by atoms with E-state index in [2.05, 4.69) is 13.5 Å². The molecule has 0 fully saturated rings. The first kappa shape index (κ1) is 14.4. The fourth-order valence-electron chi connectivity index (χ4n) is 1.64. The lowest BCUT2D eigenvalue weighted by atomic mass is 10.0. The van der Waals surface area contributed by atoms with E-state index in [1.807, 2.05) is 6.08 Å². The number of carbonyl (C=O) groups excluding carboxylic acids is 1. The number of rotatable bonds is 11. The van der Waals surface area contributed by atoms with Crippen molar-refractivity contribution in [3.8, 4) is 0 Å². The van der Waals surface area contributed by atoms with Gasteiger partial charge in [0.2, 0.25) is 0 Å². The molecule has 0 aliphatic heterocycles. The van der Waals surface area contributed by atoms with Gasteiger partial charge in [-0.1, -0.05) is 38.7 Å². The molecule has 1 heteroatoms. The molecular weight excluding hydrogens is 184 g/mol. The summed E-state index contributed by atoms with van der Waals surface area (Å²) < 4.78 is 0. The molecule has 0 aliphatic rings. The second-order valence-corrected chi connectivity index (χ2v) is 4.24. The van der Waals surface area contributed by atoms with Crippen molar-refractivity contribution < 1.29 is 4.79 Å². The van der Waals surface area contributed by atoms with E-state index >= 15 is 0 Å². The molecule has 0 bridgehead atoms. The summed E-state index contributed by atoms with van der Waals surface area (Å²) in [6, 6.07) is 0. The molecule has 0 rings (SSSR count). The molecule has 0 spiro atoms. The lowest BCUT2D eigenvalue weighted by molar-refractivity contribution is -0.119. The fourth-order valence-corrected chi connectivity index (χ4v) is 1.64. The highest BCUT2D eigenvalue weighted by molar-refractivity contribution is 5.78. The Kier molecular flexibility index (Phi) is 11.0. The van der Waals surface area contributed by atoms with Crippen molar-refractivity contribution in [2.24, 2.45) is 0 Å². The Morgan fingerprint density at radius 2 is 1.60 bits per heavy atom. The van der Waals surface area contributed by atoms with Gasteiger partial charge in [0.15, 0.2) is 0 Å². The maximum absolute atomic E-state index is 11.3. The smallest absolute Gasteiger partial charge is 0.132 e. The summed E-state index contributed by atoms with van der Waals surface area (Å²) >= 11 is 0. The molecule has 0 radical (unpaired) electrons. The molecule has 0 aromatic carbocycles. The molecule has 0 amide bonds. The van der Waals surface area contributed by atoms with Crippen LogP contribution in [0, 0.1) is 0 Å². The van der Waals surface area contributed by atoms with Gasteiger partial charge < -0.3 is 0 Å². The van der Waals surface area contributed by atoms with Crippen molar-refractivity contribution in [3.05, 3.63) is 12.7 Å². The third-order valence-corrected chi connectivity index (χ3v) is 2.67. The van der Waals surface area contributed by atoms with Crippen LogP contribution >= 0.6 is 0 Å². The van der Waals surface area contributed by atoms with Crippen molar-refractivity contribution in [1.82, 2.24) is 0 Å². The number of carbonyl (C=O) groups is 1. The summed E-state index contributed by atoms with van der Waals surface area (Å²) in [4.78, 5) is 11.3. The highest BCUT2D eigenvalue weighted by Gasteiger charge is 2.00. The molecule has 0 saturated carbocycles. The Bertz CT molecular complexity index is 161. The lowest BCUT2D eigenvalue weighted by Crippen LogP contribution is -1.96. The second kappa shape index (κ2) is 11.5. The van der Waals surface area contributed by atoms with Gasteiger partial charge in [-0.2, -0.15) is 0 Å². The zero-order valence-corrected chi connectivity index (χ0v) is 10.3. The van der Waals surface area contributed by atoms with Gasteiger partial charge in [0.1, 0.15) is 5.78 Å². The fraction of sp³-hybridized carbons (Fsp3) is 0.786. The first-order valence-corrected chi connectivity index (χ1v) is 6.43. The molecule has 0 aromatic rings. The number of Topliss-reactive ketones (excluding diaryl/α,β-unsaturated/α-hetero) is 1. The van der Waals surface area contributed by atoms with Crippen molar-refractivity contribution >= 4 is 5.78 Å². The molecule has 0 atom stereocenters. The van der Waals surface area contributed by atoms with E-state index in [1.165, 1.54) is 25.7 Å². The first-order chi connectivity index (χ1) is 7.31. The molecule has 0 heterocycles. The van der Waals surface area contributed by atoms with Gasteiger partial charge in [-0.15, -0.1) is 6.58 Å². The van der Waals surface area contributed by atoms with Crippen molar-refractivity contribution in [3.63, 3.8) is 0 Å². The maximum Gasteiger partial charge on any atom is 0.132 e. The summed E-state index contributed by atoms with van der Waals surface area (Å²) in [5.74, 6) is 0.461. The Hall–Kier alpha value is -0.590. The van der Waals surface area contributed by atoms with Crippen LogP contribution in [0.5, 0.6) is 0 Å². The van der Waals surface area contributed by atoms with Crippen LogP contribution in [0.1, 0.15) is 71.1 Å². The minimum atomic E-state index is 0.461. The molecule has 0 unspecified atom stereocenters. The van der Waals surface area contributed by atoms with Gasteiger partial charge >= 0.3 is 0 Å². The van der Waals surface area contributed by atoms with Crippen LogP contribution < -0.4 is 0 Å². The summed E-state index contributed by atoms with van der Waals surface area (Å²) in [5, 5.41) is 0. The quantitative estimate of drug-likeness (QED) is 0.358. The molecule has 1 nitrogen and oxygen atoms in total. The topological polar surface area (TPSA) is 17.1 Å². The van der Waals surface area contributed by atoms with E-state index in [0.717, 1.165) is 38.5 Å². The number of ketones is 1. The molecule has 15 heavy (non-hydrogen) atoms. The number of hydrogen-bond donors (Lipinski definition) is 0. The molecule has 0 aromatic heterocycles. The predicted molar refractivity (Wildman–Crippen MR) is 67.0 cm³/mol. The Morgan fingerprint density at radius 3 is 2.27 bits per heavy atom. The average molecular weight is 210 g/mol. The van der Waals surface area contributed by atoms with E-state index in [9.17, 15) is 4.79 Å². The Morgan fingerprint density at radius 1 is 1.00 bits per heavy atom. The van der Waals surface area contributed by atoms with Crippen LogP contribution in [0.4, 0.5) is 0 Å². The van der Waals surface area contributed by atoms with Gasteiger partial charge in [-0.05, 0) is 25.7 Å². The predicted octanol–water partition coefficient (Wildman–Crippen LogP) is 4.66. The summed E-state index contributed by atoms with van der Waals surface area (Å²) in [6.07, 6.45) is 13.0. The SMILES string of the molecule is C=CCCCCCCCC(=O)CCCC. The van der Waals surface area contributed by atoms with E-state index in [1.54, 1.807) is 0 Å². The highest BCUT2D eigenvalue weighted by Crippen LogP contribution is 2.09. The standard InChI is InChI=1S/C14H26O/c1-3-5-7-8-9-10-11-13-14(15)12-6-4-2/h3H,1,4-13H2,2H3. The Labute approximate surface area is 95.0 Å².